The quantitative estimate of drug-likeness (QED) is 0.669. The summed E-state index contributed by atoms with van der Waals surface area (Å²) in [5, 5.41) is 3.31. The van der Waals surface area contributed by atoms with Gasteiger partial charge in [-0.05, 0) is 62.1 Å². The Morgan fingerprint density at radius 3 is 2.32 bits per heavy atom. The van der Waals surface area contributed by atoms with Crippen LogP contribution in [0.4, 0.5) is 11.4 Å². The van der Waals surface area contributed by atoms with E-state index in [2.05, 4.69) is 59.1 Å². The van der Waals surface area contributed by atoms with Gasteiger partial charge in [0.1, 0.15) is 5.69 Å². The van der Waals surface area contributed by atoms with E-state index in [1.807, 2.05) is 22.6 Å². The summed E-state index contributed by atoms with van der Waals surface area (Å²) in [6.07, 6.45) is 0. The Morgan fingerprint density at radius 2 is 1.64 bits per heavy atom. The van der Waals surface area contributed by atoms with Gasteiger partial charge in [-0.15, -0.1) is 0 Å². The third-order valence-electron chi connectivity index (χ3n) is 5.17. The van der Waals surface area contributed by atoms with Crippen LogP contribution in [0.3, 0.4) is 0 Å². The smallest absolute Gasteiger partial charge is 0.240 e. The summed E-state index contributed by atoms with van der Waals surface area (Å²) in [6.45, 7) is 7.97. The summed E-state index contributed by atoms with van der Waals surface area (Å²) < 4.78 is 7.43. The van der Waals surface area contributed by atoms with Crippen molar-refractivity contribution < 1.29 is 4.74 Å². The van der Waals surface area contributed by atoms with E-state index in [1.54, 1.807) is 7.11 Å². The summed E-state index contributed by atoms with van der Waals surface area (Å²) >= 11 is 4.78. The topological polar surface area (TPSA) is 31.8 Å². The second-order valence-electron chi connectivity index (χ2n) is 7.29. The van der Waals surface area contributed by atoms with Crippen LogP contribution in [0, 0.1) is 13.8 Å². The molecule has 3 aromatic rings. The highest BCUT2D eigenvalue weighted by Gasteiger charge is 2.24. The minimum absolute atomic E-state index is 0.588. The minimum atomic E-state index is 0.588. The fraction of sp³-hybridized carbons (Fsp3) is 0.318. The number of fused-ring (bicyclic) bond motifs is 1. The lowest BCUT2D eigenvalue weighted by atomic mass is 10.1. The average molecular weight is 395 g/mol. The normalized spacial score (nSPS) is 15.1. The van der Waals surface area contributed by atoms with Crippen LogP contribution in [0.25, 0.3) is 10.9 Å². The Hall–Kier alpha value is -2.44. The number of thiol groups is 1. The summed E-state index contributed by atoms with van der Waals surface area (Å²) in [5.41, 5.74) is 5.70. The fourth-order valence-corrected chi connectivity index (χ4v) is 4.13. The third kappa shape index (κ3) is 3.75. The first-order valence-electron chi connectivity index (χ1n) is 9.56. The first-order chi connectivity index (χ1) is 13.5. The number of hydrogen-bond acceptors (Lipinski definition) is 6. The molecule has 6 heteroatoms. The molecule has 1 aromatic heterocycles. The number of pyridine rings is 1. The van der Waals surface area contributed by atoms with Crippen molar-refractivity contribution in [3.05, 3.63) is 59.7 Å². The summed E-state index contributed by atoms with van der Waals surface area (Å²) in [5.74, 6) is 0.588. The third-order valence-corrected chi connectivity index (χ3v) is 5.64. The van der Waals surface area contributed by atoms with E-state index in [0.29, 0.717) is 5.88 Å². The van der Waals surface area contributed by atoms with Crippen LogP contribution in [0.1, 0.15) is 11.1 Å². The summed E-state index contributed by atoms with van der Waals surface area (Å²) in [4.78, 5) is 7.08. The Kier molecular flexibility index (Phi) is 5.33. The monoisotopic (exact) mass is 394 g/mol. The molecule has 28 heavy (non-hydrogen) atoms. The molecule has 0 aliphatic carbocycles. The maximum absolute atomic E-state index is 5.54. The number of benzene rings is 2. The highest BCUT2D eigenvalue weighted by Crippen LogP contribution is 2.33. The molecule has 1 fully saturated rings. The molecule has 4 rings (SSSR count). The molecule has 1 aliphatic heterocycles. The number of methoxy groups -OCH3 is 1. The number of aromatic nitrogens is 1. The van der Waals surface area contributed by atoms with Crippen LogP contribution in [-0.4, -0.2) is 43.3 Å². The number of anilines is 2. The van der Waals surface area contributed by atoms with Crippen molar-refractivity contribution in [2.75, 3.05) is 42.6 Å². The van der Waals surface area contributed by atoms with E-state index in [0.717, 1.165) is 42.8 Å². The van der Waals surface area contributed by atoms with Crippen LogP contribution in [0.2, 0.25) is 0 Å². The lowest BCUT2D eigenvalue weighted by molar-refractivity contribution is 0.276. The number of hydrazine groups is 1. The summed E-state index contributed by atoms with van der Waals surface area (Å²) in [7, 11) is 1.65. The standard InChI is InChI=1S/C22H26N4OS/c1-16-12-17(2)14-19(13-16)24-8-10-25(11-9-24)26(28)21-15-18-6-4-5-7-20(18)23-22(21)27-3/h4-7,12-15,28H,8-11H2,1-3H3. The molecule has 0 spiro atoms. The molecule has 1 aliphatic rings. The number of piperazine rings is 1. The van der Waals surface area contributed by atoms with Crippen LogP contribution < -0.4 is 14.1 Å². The van der Waals surface area contributed by atoms with Gasteiger partial charge in [0.2, 0.25) is 5.88 Å². The van der Waals surface area contributed by atoms with Gasteiger partial charge in [-0.1, -0.05) is 24.3 Å². The van der Waals surface area contributed by atoms with Gasteiger partial charge < -0.3 is 9.64 Å². The maximum atomic E-state index is 5.54. The zero-order chi connectivity index (χ0) is 19.7. The van der Waals surface area contributed by atoms with Gasteiger partial charge in [0.15, 0.2) is 0 Å². The second kappa shape index (κ2) is 7.89. The van der Waals surface area contributed by atoms with Gasteiger partial charge in [0, 0.05) is 37.3 Å². The SMILES string of the molecule is COc1nc2ccccc2cc1N(S)N1CCN(c2cc(C)cc(C)c2)CC1. The van der Waals surface area contributed by atoms with Crippen molar-refractivity contribution in [1.29, 1.82) is 0 Å². The predicted molar refractivity (Wildman–Crippen MR) is 119 cm³/mol. The van der Waals surface area contributed by atoms with E-state index < -0.39 is 0 Å². The second-order valence-corrected chi connectivity index (χ2v) is 7.66. The highest BCUT2D eigenvalue weighted by atomic mass is 32.1. The number of hydrogen-bond donors (Lipinski definition) is 1. The Labute approximate surface area is 172 Å². The number of para-hydroxylation sites is 1. The van der Waals surface area contributed by atoms with Crippen molar-refractivity contribution >= 4 is 35.1 Å². The van der Waals surface area contributed by atoms with Gasteiger partial charge in [0.05, 0.1) is 12.6 Å². The molecular weight excluding hydrogens is 368 g/mol. The van der Waals surface area contributed by atoms with E-state index in [9.17, 15) is 0 Å². The molecule has 0 amide bonds. The molecule has 5 nitrogen and oxygen atoms in total. The largest absolute Gasteiger partial charge is 0.479 e. The van der Waals surface area contributed by atoms with E-state index in [4.69, 9.17) is 17.6 Å². The maximum Gasteiger partial charge on any atom is 0.240 e. The molecule has 2 heterocycles. The number of nitrogens with zero attached hydrogens (tertiary/aromatic N) is 4. The van der Waals surface area contributed by atoms with Crippen LogP contribution in [0.15, 0.2) is 48.5 Å². The zero-order valence-electron chi connectivity index (χ0n) is 16.6. The minimum Gasteiger partial charge on any atom is -0.479 e. The number of rotatable bonds is 4. The van der Waals surface area contributed by atoms with Gasteiger partial charge in [-0.25, -0.2) is 14.4 Å². The van der Waals surface area contributed by atoms with Crippen molar-refractivity contribution in [1.82, 2.24) is 9.99 Å². The molecule has 0 N–H and O–H groups in total. The Balaban J connectivity index is 1.52. The van der Waals surface area contributed by atoms with E-state index in [-0.39, 0.29) is 0 Å². The van der Waals surface area contributed by atoms with Crippen LogP contribution in [-0.2, 0) is 0 Å². The van der Waals surface area contributed by atoms with Crippen molar-refractivity contribution in [2.24, 2.45) is 0 Å². The Morgan fingerprint density at radius 1 is 0.964 bits per heavy atom. The molecule has 0 radical (unpaired) electrons. The lowest BCUT2D eigenvalue weighted by Crippen LogP contribution is -2.51. The van der Waals surface area contributed by atoms with E-state index >= 15 is 0 Å². The fourth-order valence-electron chi connectivity index (χ4n) is 3.81. The molecule has 0 bridgehead atoms. The molecule has 0 unspecified atom stereocenters. The molecule has 1 saturated heterocycles. The predicted octanol–water partition coefficient (Wildman–Crippen LogP) is 4.25. The molecule has 0 saturated carbocycles. The highest BCUT2D eigenvalue weighted by molar-refractivity contribution is 7.81. The zero-order valence-corrected chi connectivity index (χ0v) is 17.5. The van der Waals surface area contributed by atoms with E-state index in [1.165, 1.54) is 16.8 Å². The average Bonchev–Trinajstić information content (AvgIpc) is 2.71. The number of aryl methyl sites for hydroxylation is 2. The Bertz CT molecular complexity index is 965. The van der Waals surface area contributed by atoms with Gasteiger partial charge in [-0.3, -0.25) is 0 Å². The van der Waals surface area contributed by atoms with Crippen molar-refractivity contribution in [2.45, 2.75) is 13.8 Å². The lowest BCUT2D eigenvalue weighted by Gasteiger charge is -2.40. The van der Waals surface area contributed by atoms with Crippen molar-refractivity contribution in [3.8, 4) is 5.88 Å². The molecule has 2 aromatic carbocycles. The van der Waals surface area contributed by atoms with Gasteiger partial charge >= 0.3 is 0 Å². The van der Waals surface area contributed by atoms with Crippen molar-refractivity contribution in [3.63, 3.8) is 0 Å². The van der Waals surface area contributed by atoms with Gasteiger partial charge in [-0.2, -0.15) is 0 Å². The van der Waals surface area contributed by atoms with Crippen LogP contribution in [0.5, 0.6) is 5.88 Å². The first-order valence-corrected chi connectivity index (χ1v) is 9.96. The number of ether oxygens (including phenoxy) is 1. The van der Waals surface area contributed by atoms with Gasteiger partial charge in [0.25, 0.3) is 0 Å². The molecule has 0 atom stereocenters. The molecule has 146 valence electrons. The van der Waals surface area contributed by atoms with Crippen LogP contribution >= 0.6 is 12.8 Å². The molecular formula is C22H26N4OS. The first kappa shape index (κ1) is 18.9. The summed E-state index contributed by atoms with van der Waals surface area (Å²) in [6, 6.07) is 16.9.